The fourth-order valence-electron chi connectivity index (χ4n) is 2.78. The van der Waals surface area contributed by atoms with Gasteiger partial charge in [-0.1, -0.05) is 30.3 Å². The van der Waals surface area contributed by atoms with E-state index in [0.29, 0.717) is 27.8 Å². The van der Waals surface area contributed by atoms with Crippen molar-refractivity contribution >= 4 is 40.6 Å². The number of nitrogens with one attached hydrogen (secondary N) is 1. The third-order valence-electron chi connectivity index (χ3n) is 3.89. The SMILES string of the molecule is O=C1NC(=O)/C(=C/c2ccc3c(c2)C(=O)c2ccccc2C3=O)S1. The Morgan fingerprint density at radius 2 is 1.42 bits per heavy atom. The molecule has 2 aromatic carbocycles. The fourth-order valence-corrected chi connectivity index (χ4v) is 3.46. The lowest BCUT2D eigenvalue weighted by Gasteiger charge is -2.17. The summed E-state index contributed by atoms with van der Waals surface area (Å²) in [6.07, 6.45) is 1.53. The van der Waals surface area contributed by atoms with Crippen LogP contribution in [-0.4, -0.2) is 22.7 Å². The van der Waals surface area contributed by atoms with Crippen LogP contribution in [0.5, 0.6) is 0 Å². The van der Waals surface area contributed by atoms with Gasteiger partial charge in [0.05, 0.1) is 4.91 Å². The number of carbonyl (C=O) groups is 4. The summed E-state index contributed by atoms with van der Waals surface area (Å²) in [6.45, 7) is 0. The lowest BCUT2D eigenvalue weighted by Crippen LogP contribution is -2.20. The molecule has 0 radical (unpaired) electrons. The Hall–Kier alpha value is -2.99. The number of hydrogen-bond acceptors (Lipinski definition) is 5. The minimum Gasteiger partial charge on any atom is -0.289 e. The molecule has 0 bridgehead atoms. The fraction of sp³-hybridized carbons (Fsp3) is 0. The molecular weight excluding hydrogens is 326 g/mol. The lowest BCUT2D eigenvalue weighted by molar-refractivity contribution is -0.115. The van der Waals surface area contributed by atoms with Gasteiger partial charge in [0.25, 0.3) is 11.1 Å². The summed E-state index contributed by atoms with van der Waals surface area (Å²) >= 11 is 0.805. The molecule has 1 fully saturated rings. The van der Waals surface area contributed by atoms with Crippen LogP contribution >= 0.6 is 11.8 Å². The van der Waals surface area contributed by atoms with Crippen molar-refractivity contribution in [3.8, 4) is 0 Å². The Kier molecular flexibility index (Phi) is 3.21. The molecule has 0 spiro atoms. The Morgan fingerprint density at radius 1 is 0.792 bits per heavy atom. The average Bonchev–Trinajstić information content (AvgIpc) is 2.90. The van der Waals surface area contributed by atoms with E-state index in [9.17, 15) is 19.2 Å². The van der Waals surface area contributed by atoms with Crippen molar-refractivity contribution < 1.29 is 19.2 Å². The van der Waals surface area contributed by atoms with Crippen molar-refractivity contribution in [3.05, 3.63) is 75.2 Å². The zero-order valence-corrected chi connectivity index (χ0v) is 13.0. The molecule has 1 heterocycles. The van der Waals surface area contributed by atoms with Gasteiger partial charge in [0.1, 0.15) is 0 Å². The number of amides is 2. The van der Waals surface area contributed by atoms with Crippen LogP contribution in [-0.2, 0) is 4.79 Å². The van der Waals surface area contributed by atoms with Gasteiger partial charge in [0.2, 0.25) is 0 Å². The molecule has 2 amide bonds. The van der Waals surface area contributed by atoms with Gasteiger partial charge >= 0.3 is 0 Å². The van der Waals surface area contributed by atoms with Gasteiger partial charge in [-0.25, -0.2) is 0 Å². The molecule has 1 saturated heterocycles. The second kappa shape index (κ2) is 5.28. The van der Waals surface area contributed by atoms with Gasteiger partial charge in [-0.3, -0.25) is 24.5 Å². The summed E-state index contributed by atoms with van der Waals surface area (Å²) in [4.78, 5) is 48.3. The maximum absolute atomic E-state index is 12.6. The van der Waals surface area contributed by atoms with Crippen LogP contribution in [0, 0.1) is 0 Å². The summed E-state index contributed by atoms with van der Waals surface area (Å²) in [5.74, 6) is -0.877. The summed E-state index contributed by atoms with van der Waals surface area (Å²) in [6, 6.07) is 11.5. The van der Waals surface area contributed by atoms with E-state index in [1.807, 2.05) is 0 Å². The van der Waals surface area contributed by atoms with Gasteiger partial charge < -0.3 is 0 Å². The van der Waals surface area contributed by atoms with Crippen LogP contribution in [0.3, 0.4) is 0 Å². The van der Waals surface area contributed by atoms with E-state index < -0.39 is 11.1 Å². The number of fused-ring (bicyclic) bond motifs is 2. The van der Waals surface area contributed by atoms with Crippen molar-refractivity contribution in [3.63, 3.8) is 0 Å². The van der Waals surface area contributed by atoms with E-state index in [1.54, 1.807) is 42.5 Å². The summed E-state index contributed by atoms with van der Waals surface area (Å²) in [7, 11) is 0. The molecule has 0 unspecified atom stereocenters. The van der Waals surface area contributed by atoms with Crippen LogP contribution in [0.1, 0.15) is 37.4 Å². The Balaban J connectivity index is 1.80. The molecule has 2 aromatic rings. The van der Waals surface area contributed by atoms with E-state index in [1.165, 1.54) is 6.08 Å². The number of hydrogen-bond donors (Lipinski definition) is 1. The van der Waals surface area contributed by atoms with Crippen molar-refractivity contribution in [1.82, 2.24) is 5.32 Å². The number of imide groups is 1. The Labute approximate surface area is 140 Å². The number of carbonyl (C=O) groups excluding carboxylic acids is 4. The normalized spacial score (nSPS) is 17.8. The molecule has 6 heteroatoms. The number of ketones is 2. The summed E-state index contributed by atoms with van der Waals surface area (Å²) in [5.41, 5.74) is 2.02. The van der Waals surface area contributed by atoms with E-state index in [-0.39, 0.29) is 16.5 Å². The van der Waals surface area contributed by atoms with Gasteiger partial charge in [-0.05, 0) is 35.5 Å². The van der Waals surface area contributed by atoms with Crippen LogP contribution < -0.4 is 5.32 Å². The van der Waals surface area contributed by atoms with Crippen LogP contribution in [0.25, 0.3) is 6.08 Å². The first-order valence-electron chi connectivity index (χ1n) is 7.12. The zero-order valence-electron chi connectivity index (χ0n) is 12.2. The van der Waals surface area contributed by atoms with E-state index in [4.69, 9.17) is 0 Å². The minimum atomic E-state index is -0.463. The maximum atomic E-state index is 12.6. The predicted molar refractivity (Wildman–Crippen MR) is 88.9 cm³/mol. The lowest BCUT2D eigenvalue weighted by atomic mass is 9.83. The molecule has 5 nitrogen and oxygen atoms in total. The van der Waals surface area contributed by atoms with Crippen LogP contribution in [0.15, 0.2) is 47.4 Å². The first-order valence-corrected chi connectivity index (χ1v) is 7.93. The van der Waals surface area contributed by atoms with E-state index >= 15 is 0 Å². The summed E-state index contributed by atoms with van der Waals surface area (Å²) in [5, 5.41) is 1.75. The highest BCUT2D eigenvalue weighted by Crippen LogP contribution is 2.30. The maximum Gasteiger partial charge on any atom is 0.290 e. The number of thioether (sulfide) groups is 1. The van der Waals surface area contributed by atoms with Crippen molar-refractivity contribution in [2.24, 2.45) is 0 Å². The minimum absolute atomic E-state index is 0.192. The second-order valence-electron chi connectivity index (χ2n) is 5.36. The van der Waals surface area contributed by atoms with Gasteiger partial charge in [-0.2, -0.15) is 0 Å². The Bertz CT molecular complexity index is 990. The number of rotatable bonds is 1. The van der Waals surface area contributed by atoms with Gasteiger partial charge in [-0.15, -0.1) is 0 Å². The predicted octanol–water partition coefficient (Wildman–Crippen LogP) is 2.79. The molecule has 116 valence electrons. The molecule has 1 aliphatic carbocycles. The van der Waals surface area contributed by atoms with Crippen LogP contribution in [0.4, 0.5) is 4.79 Å². The molecule has 0 saturated carbocycles. The van der Waals surface area contributed by atoms with E-state index in [2.05, 4.69) is 5.32 Å². The number of benzene rings is 2. The molecule has 0 aromatic heterocycles. The highest BCUT2D eigenvalue weighted by molar-refractivity contribution is 8.18. The Morgan fingerprint density at radius 3 is 2.04 bits per heavy atom. The third kappa shape index (κ3) is 2.19. The molecular formula is C18H9NO4S. The van der Waals surface area contributed by atoms with Crippen LogP contribution in [0.2, 0.25) is 0 Å². The van der Waals surface area contributed by atoms with Gasteiger partial charge in [0.15, 0.2) is 11.6 Å². The van der Waals surface area contributed by atoms with Crippen molar-refractivity contribution in [1.29, 1.82) is 0 Å². The average molecular weight is 335 g/mol. The largest absolute Gasteiger partial charge is 0.290 e. The first kappa shape index (κ1) is 14.6. The monoisotopic (exact) mass is 335 g/mol. The topological polar surface area (TPSA) is 80.3 Å². The smallest absolute Gasteiger partial charge is 0.289 e. The standard InChI is InChI=1S/C18H9NO4S/c20-15-10-3-1-2-4-11(10)16(21)13-7-9(5-6-12(13)15)8-14-17(22)19-18(23)24-14/h1-8H,(H,19,22,23)/b14-8-. The highest BCUT2D eigenvalue weighted by Gasteiger charge is 2.30. The molecule has 24 heavy (non-hydrogen) atoms. The molecule has 1 N–H and O–H groups in total. The quantitative estimate of drug-likeness (QED) is 0.692. The van der Waals surface area contributed by atoms with Crippen molar-refractivity contribution in [2.45, 2.75) is 0 Å². The zero-order chi connectivity index (χ0) is 16.8. The van der Waals surface area contributed by atoms with Crippen molar-refractivity contribution in [2.75, 3.05) is 0 Å². The molecule has 2 aliphatic rings. The second-order valence-corrected chi connectivity index (χ2v) is 6.38. The summed E-state index contributed by atoms with van der Waals surface area (Å²) < 4.78 is 0. The van der Waals surface area contributed by atoms with E-state index in [0.717, 1.165) is 11.8 Å². The highest BCUT2D eigenvalue weighted by atomic mass is 32.2. The molecule has 4 rings (SSSR count). The first-order chi connectivity index (χ1) is 11.5. The molecule has 1 aliphatic heterocycles. The van der Waals surface area contributed by atoms with Gasteiger partial charge in [0, 0.05) is 22.3 Å². The third-order valence-corrected chi connectivity index (χ3v) is 4.70. The molecule has 0 atom stereocenters.